The first-order valence-corrected chi connectivity index (χ1v) is 7.25. The topological polar surface area (TPSA) is 50.4 Å². The molecular formula is C14H19BrF2N2O2. The van der Waals surface area contributed by atoms with E-state index in [1.165, 1.54) is 0 Å². The number of halogens is 3. The summed E-state index contributed by atoms with van der Waals surface area (Å²) >= 11 is 2.91. The first-order chi connectivity index (χ1) is 9.58. The quantitative estimate of drug-likeness (QED) is 0.792. The fourth-order valence-electron chi connectivity index (χ4n) is 1.50. The van der Waals surface area contributed by atoms with Gasteiger partial charge >= 0.3 is 6.09 Å². The van der Waals surface area contributed by atoms with E-state index in [1.54, 1.807) is 27.7 Å². The highest BCUT2D eigenvalue weighted by Gasteiger charge is 2.17. The lowest BCUT2D eigenvalue weighted by Crippen LogP contribution is -2.38. The van der Waals surface area contributed by atoms with Gasteiger partial charge in [-0.2, -0.15) is 0 Å². The number of benzene rings is 1. The molecule has 0 fully saturated rings. The Morgan fingerprint density at radius 1 is 1.33 bits per heavy atom. The number of hydrogen-bond donors (Lipinski definition) is 2. The van der Waals surface area contributed by atoms with Crippen LogP contribution in [0.25, 0.3) is 0 Å². The summed E-state index contributed by atoms with van der Waals surface area (Å²) in [6.45, 7) is 7.22. The Bertz CT molecular complexity index is 518. The van der Waals surface area contributed by atoms with Crippen LogP contribution in [0.5, 0.6) is 0 Å². The molecule has 0 saturated heterocycles. The zero-order chi connectivity index (χ0) is 16.2. The maximum atomic E-state index is 13.6. The van der Waals surface area contributed by atoms with Gasteiger partial charge in [-0.3, -0.25) is 0 Å². The van der Waals surface area contributed by atoms with E-state index in [4.69, 9.17) is 4.74 Å². The Morgan fingerprint density at radius 3 is 2.52 bits per heavy atom. The molecule has 1 rings (SSSR count). The molecule has 7 heteroatoms. The summed E-state index contributed by atoms with van der Waals surface area (Å²) in [7, 11) is 0. The number of ether oxygens (including phenoxy) is 1. The average Bonchev–Trinajstić information content (AvgIpc) is 2.31. The fraction of sp³-hybridized carbons (Fsp3) is 0.500. The van der Waals surface area contributed by atoms with Crippen LogP contribution in [0.3, 0.4) is 0 Å². The van der Waals surface area contributed by atoms with Crippen LogP contribution < -0.4 is 10.6 Å². The van der Waals surface area contributed by atoms with Crippen LogP contribution in [-0.2, 0) is 4.74 Å². The Balaban J connectivity index is 2.53. The van der Waals surface area contributed by atoms with Crippen molar-refractivity contribution in [2.45, 2.75) is 39.3 Å². The molecule has 0 saturated carbocycles. The summed E-state index contributed by atoms with van der Waals surface area (Å²) in [6, 6.07) is 1.81. The lowest BCUT2D eigenvalue weighted by atomic mass is 10.2. The molecule has 0 aliphatic rings. The summed E-state index contributed by atoms with van der Waals surface area (Å²) in [6.07, 6.45) is -0.557. The monoisotopic (exact) mass is 364 g/mol. The van der Waals surface area contributed by atoms with Crippen molar-refractivity contribution < 1.29 is 18.3 Å². The second-order valence-corrected chi connectivity index (χ2v) is 6.53. The predicted octanol–water partition coefficient (Wildman–Crippen LogP) is 4.05. The number of nitrogens with one attached hydrogen (secondary N) is 2. The molecule has 4 nitrogen and oxygen atoms in total. The van der Waals surface area contributed by atoms with Gasteiger partial charge in [-0.1, -0.05) is 0 Å². The van der Waals surface area contributed by atoms with Crippen LogP contribution in [0.15, 0.2) is 16.6 Å². The van der Waals surface area contributed by atoms with Gasteiger partial charge in [-0.05, 0) is 49.7 Å². The summed E-state index contributed by atoms with van der Waals surface area (Å²) < 4.78 is 32.1. The highest BCUT2D eigenvalue weighted by atomic mass is 79.9. The van der Waals surface area contributed by atoms with Gasteiger partial charge in [0.15, 0.2) is 0 Å². The zero-order valence-electron chi connectivity index (χ0n) is 12.4. The van der Waals surface area contributed by atoms with Gasteiger partial charge in [0.1, 0.15) is 17.2 Å². The molecule has 1 aromatic rings. The molecule has 2 N–H and O–H groups in total. The van der Waals surface area contributed by atoms with Crippen molar-refractivity contribution in [3.63, 3.8) is 0 Å². The lowest BCUT2D eigenvalue weighted by molar-refractivity contribution is 0.0526. The number of rotatable bonds is 4. The molecular weight excluding hydrogens is 346 g/mol. The molecule has 1 atom stereocenters. The van der Waals surface area contributed by atoms with Gasteiger partial charge in [0.2, 0.25) is 0 Å². The minimum Gasteiger partial charge on any atom is -0.444 e. The van der Waals surface area contributed by atoms with Crippen molar-refractivity contribution in [3.8, 4) is 0 Å². The van der Waals surface area contributed by atoms with Crippen LogP contribution >= 0.6 is 15.9 Å². The summed E-state index contributed by atoms with van der Waals surface area (Å²) in [5.74, 6) is -1.14. The van der Waals surface area contributed by atoms with Crippen molar-refractivity contribution in [3.05, 3.63) is 28.2 Å². The normalized spacial score (nSPS) is 12.7. The molecule has 0 bridgehead atoms. The highest BCUT2D eigenvalue weighted by Crippen LogP contribution is 2.23. The first-order valence-electron chi connectivity index (χ1n) is 6.46. The van der Waals surface area contributed by atoms with E-state index in [9.17, 15) is 13.6 Å². The smallest absolute Gasteiger partial charge is 0.407 e. The fourth-order valence-corrected chi connectivity index (χ4v) is 1.82. The standard InChI is InChI=1S/C14H19BrF2N2O2/c1-8(7-18-13(20)21-14(2,3)4)19-12-6-10(16)9(15)5-11(12)17/h5-6,8,19H,7H2,1-4H3,(H,18,20). The minimum atomic E-state index is -0.582. The van der Waals surface area contributed by atoms with Crippen molar-refractivity contribution in [2.75, 3.05) is 11.9 Å². The van der Waals surface area contributed by atoms with E-state index in [0.29, 0.717) is 0 Å². The molecule has 0 radical (unpaired) electrons. The molecule has 0 heterocycles. The highest BCUT2D eigenvalue weighted by molar-refractivity contribution is 9.10. The third-order valence-corrected chi connectivity index (χ3v) is 2.97. The number of alkyl carbamates (subject to hydrolysis) is 1. The maximum absolute atomic E-state index is 13.6. The number of carbonyl (C=O) groups excluding carboxylic acids is 1. The number of hydrogen-bond acceptors (Lipinski definition) is 3. The number of amides is 1. The van der Waals surface area contributed by atoms with Crippen LogP contribution in [-0.4, -0.2) is 24.3 Å². The zero-order valence-corrected chi connectivity index (χ0v) is 14.0. The van der Waals surface area contributed by atoms with Gasteiger partial charge in [0.25, 0.3) is 0 Å². The Kier molecular flexibility index (Phi) is 5.95. The molecule has 1 unspecified atom stereocenters. The van der Waals surface area contributed by atoms with Crippen LogP contribution in [0.1, 0.15) is 27.7 Å². The van der Waals surface area contributed by atoms with Gasteiger partial charge in [0, 0.05) is 18.7 Å². The second kappa shape index (κ2) is 7.06. The first kappa shape index (κ1) is 17.7. The van der Waals surface area contributed by atoms with Crippen LogP contribution in [0, 0.1) is 11.6 Å². The molecule has 1 amide bonds. The third-order valence-electron chi connectivity index (χ3n) is 2.36. The van der Waals surface area contributed by atoms with Crippen molar-refractivity contribution in [1.82, 2.24) is 5.32 Å². The van der Waals surface area contributed by atoms with E-state index in [-0.39, 0.29) is 22.7 Å². The molecule has 0 aliphatic carbocycles. The van der Waals surface area contributed by atoms with Crippen LogP contribution in [0.2, 0.25) is 0 Å². The maximum Gasteiger partial charge on any atom is 0.407 e. The molecule has 21 heavy (non-hydrogen) atoms. The van der Waals surface area contributed by atoms with Crippen LogP contribution in [0.4, 0.5) is 19.3 Å². The Labute approximate surface area is 131 Å². The minimum absolute atomic E-state index is 0.0363. The number of carbonyl (C=O) groups is 1. The lowest BCUT2D eigenvalue weighted by Gasteiger charge is -2.21. The third kappa shape index (κ3) is 6.29. The summed E-state index contributed by atoms with van der Waals surface area (Å²) in [5, 5.41) is 5.35. The molecule has 0 aromatic heterocycles. The van der Waals surface area contributed by atoms with Gasteiger partial charge < -0.3 is 15.4 Å². The summed E-state index contributed by atoms with van der Waals surface area (Å²) in [5.41, 5.74) is -0.545. The van der Waals surface area contributed by atoms with E-state index in [2.05, 4.69) is 26.6 Å². The van der Waals surface area contributed by atoms with Gasteiger partial charge in [-0.25, -0.2) is 13.6 Å². The molecule has 1 aromatic carbocycles. The van der Waals surface area contributed by atoms with Crippen molar-refractivity contribution in [2.24, 2.45) is 0 Å². The molecule has 0 aliphatic heterocycles. The largest absolute Gasteiger partial charge is 0.444 e. The van der Waals surface area contributed by atoms with E-state index in [0.717, 1.165) is 12.1 Å². The van der Waals surface area contributed by atoms with Crippen molar-refractivity contribution in [1.29, 1.82) is 0 Å². The molecule has 0 spiro atoms. The second-order valence-electron chi connectivity index (χ2n) is 5.67. The Morgan fingerprint density at radius 2 is 1.95 bits per heavy atom. The predicted molar refractivity (Wildman–Crippen MR) is 81.4 cm³/mol. The molecule has 118 valence electrons. The average molecular weight is 365 g/mol. The summed E-state index contributed by atoms with van der Waals surface area (Å²) in [4.78, 5) is 11.5. The van der Waals surface area contributed by atoms with Gasteiger partial charge in [0.05, 0.1) is 10.2 Å². The Hall–Kier alpha value is -1.37. The van der Waals surface area contributed by atoms with E-state index >= 15 is 0 Å². The SMILES string of the molecule is CC(CNC(=O)OC(C)(C)C)Nc1cc(F)c(Br)cc1F. The van der Waals surface area contributed by atoms with E-state index in [1.807, 2.05) is 0 Å². The van der Waals surface area contributed by atoms with E-state index < -0.39 is 23.3 Å². The van der Waals surface area contributed by atoms with Gasteiger partial charge in [-0.15, -0.1) is 0 Å². The number of anilines is 1. The van der Waals surface area contributed by atoms with Crippen molar-refractivity contribution >= 4 is 27.7 Å².